The summed E-state index contributed by atoms with van der Waals surface area (Å²) < 4.78 is 15.6. The van der Waals surface area contributed by atoms with Gasteiger partial charge in [0.2, 0.25) is 0 Å². The highest BCUT2D eigenvalue weighted by molar-refractivity contribution is 7.13. The van der Waals surface area contributed by atoms with Crippen molar-refractivity contribution in [2.24, 2.45) is 5.73 Å². The number of nitrogens with zero attached hydrogens (tertiary/aromatic N) is 1. The van der Waals surface area contributed by atoms with E-state index in [1.54, 1.807) is 21.0 Å². The zero-order valence-electron chi connectivity index (χ0n) is 13.4. The van der Waals surface area contributed by atoms with Gasteiger partial charge in [0.15, 0.2) is 5.60 Å². The van der Waals surface area contributed by atoms with Crippen molar-refractivity contribution in [2.45, 2.75) is 19.4 Å². The van der Waals surface area contributed by atoms with E-state index in [9.17, 15) is 4.79 Å². The fraction of sp³-hybridized carbons (Fsp3) is 0.375. The lowest BCUT2D eigenvalue weighted by Crippen LogP contribution is -2.29. The molecule has 124 valence electrons. The van der Waals surface area contributed by atoms with E-state index in [1.807, 2.05) is 29.6 Å². The van der Waals surface area contributed by atoms with Crippen LogP contribution in [0.25, 0.3) is 10.6 Å². The number of primary amides is 1. The van der Waals surface area contributed by atoms with Crippen molar-refractivity contribution in [3.63, 3.8) is 0 Å². The first-order valence-electron chi connectivity index (χ1n) is 7.09. The quantitative estimate of drug-likeness (QED) is 0.785. The van der Waals surface area contributed by atoms with Crippen LogP contribution in [0.3, 0.4) is 0 Å². The van der Waals surface area contributed by atoms with Crippen molar-refractivity contribution in [2.75, 3.05) is 20.3 Å². The molecule has 0 bridgehead atoms. The summed E-state index contributed by atoms with van der Waals surface area (Å²) in [5, 5.41) is 2.70. The van der Waals surface area contributed by atoms with Crippen molar-refractivity contribution < 1.29 is 19.0 Å². The molecule has 2 rings (SSSR count). The summed E-state index contributed by atoms with van der Waals surface area (Å²) in [5.41, 5.74) is 5.87. The number of thiazole rings is 1. The molecule has 0 aliphatic heterocycles. The summed E-state index contributed by atoms with van der Waals surface area (Å²) in [6.45, 7) is 4.56. The second-order valence-corrected chi connectivity index (χ2v) is 6.19. The Kier molecular flexibility index (Phi) is 5.57. The molecule has 0 aliphatic rings. The average molecular weight is 336 g/mol. The summed E-state index contributed by atoms with van der Waals surface area (Å²) >= 11 is 1.48. The van der Waals surface area contributed by atoms with E-state index < -0.39 is 11.7 Å². The number of hydrogen-bond donors (Lipinski definition) is 1. The Morgan fingerprint density at radius 2 is 1.96 bits per heavy atom. The molecule has 1 amide bonds. The molecule has 0 radical (unpaired) electrons. The number of benzene rings is 1. The van der Waals surface area contributed by atoms with Gasteiger partial charge < -0.3 is 19.9 Å². The molecular weight excluding hydrogens is 316 g/mol. The van der Waals surface area contributed by atoms with E-state index in [0.29, 0.717) is 18.9 Å². The zero-order valence-corrected chi connectivity index (χ0v) is 14.2. The molecule has 0 spiro atoms. The number of hydrogen-bond acceptors (Lipinski definition) is 6. The molecule has 7 heteroatoms. The Morgan fingerprint density at radius 1 is 1.26 bits per heavy atom. The normalized spacial score (nSPS) is 11.3. The highest BCUT2D eigenvalue weighted by atomic mass is 32.1. The number of carbonyl (C=O) groups is 1. The van der Waals surface area contributed by atoms with E-state index in [0.717, 1.165) is 16.3 Å². The van der Waals surface area contributed by atoms with Crippen LogP contribution in [0, 0.1) is 0 Å². The number of carbonyl (C=O) groups excluding carboxylic acids is 1. The Hall–Kier alpha value is -2.12. The van der Waals surface area contributed by atoms with E-state index in [2.05, 4.69) is 4.98 Å². The third-order valence-electron chi connectivity index (χ3n) is 3.13. The Labute approximate surface area is 139 Å². The molecular formula is C16H20N2O4S. The van der Waals surface area contributed by atoms with Crippen LogP contribution in [0.5, 0.6) is 5.75 Å². The third-order valence-corrected chi connectivity index (χ3v) is 4.03. The van der Waals surface area contributed by atoms with Crippen molar-refractivity contribution in [3.8, 4) is 16.3 Å². The smallest absolute Gasteiger partial charge is 0.405 e. The van der Waals surface area contributed by atoms with E-state index in [1.165, 1.54) is 11.3 Å². The predicted molar refractivity (Wildman–Crippen MR) is 88.6 cm³/mol. The van der Waals surface area contributed by atoms with Gasteiger partial charge in [-0.1, -0.05) is 0 Å². The molecule has 0 atom stereocenters. The number of aromatic nitrogens is 1. The minimum absolute atomic E-state index is 0.510. The molecule has 0 fully saturated rings. The van der Waals surface area contributed by atoms with E-state index >= 15 is 0 Å². The Morgan fingerprint density at radius 3 is 2.57 bits per heavy atom. The van der Waals surface area contributed by atoms with Gasteiger partial charge >= 0.3 is 6.09 Å². The van der Waals surface area contributed by atoms with Crippen LogP contribution in [0.1, 0.15) is 19.5 Å². The fourth-order valence-electron chi connectivity index (χ4n) is 1.92. The molecule has 23 heavy (non-hydrogen) atoms. The highest BCUT2D eigenvalue weighted by Gasteiger charge is 2.27. The van der Waals surface area contributed by atoms with Crippen LogP contribution in [0.4, 0.5) is 4.79 Å². The molecule has 6 nitrogen and oxygen atoms in total. The third kappa shape index (κ3) is 4.67. The topological polar surface area (TPSA) is 83.7 Å². The van der Waals surface area contributed by atoms with E-state index in [4.69, 9.17) is 19.9 Å². The van der Waals surface area contributed by atoms with Crippen LogP contribution in [0.15, 0.2) is 29.6 Å². The fourth-order valence-corrected chi connectivity index (χ4v) is 2.91. The van der Waals surface area contributed by atoms with Gasteiger partial charge in [-0.3, -0.25) is 0 Å². The van der Waals surface area contributed by atoms with Crippen molar-refractivity contribution in [3.05, 3.63) is 35.3 Å². The summed E-state index contributed by atoms with van der Waals surface area (Å²) in [6.07, 6.45) is -0.817. The first kappa shape index (κ1) is 17.2. The molecule has 1 heterocycles. The number of nitrogens with two attached hydrogens (primary N) is 1. The first-order chi connectivity index (χ1) is 10.9. The number of ether oxygens (including phenoxy) is 3. The second kappa shape index (κ2) is 7.43. The van der Waals surface area contributed by atoms with Gasteiger partial charge in [0.25, 0.3) is 0 Å². The molecule has 0 saturated carbocycles. The van der Waals surface area contributed by atoms with Crippen molar-refractivity contribution in [1.82, 2.24) is 4.98 Å². The summed E-state index contributed by atoms with van der Waals surface area (Å²) in [4.78, 5) is 15.5. The van der Waals surface area contributed by atoms with Crippen LogP contribution in [0.2, 0.25) is 0 Å². The maximum Gasteiger partial charge on any atom is 0.405 e. The lowest BCUT2D eigenvalue weighted by atomic mass is 10.1. The van der Waals surface area contributed by atoms with Gasteiger partial charge in [0.1, 0.15) is 17.4 Å². The zero-order chi connectivity index (χ0) is 16.9. The molecule has 0 saturated heterocycles. The molecule has 2 aromatic rings. The summed E-state index contributed by atoms with van der Waals surface area (Å²) in [6, 6.07) is 7.65. The monoisotopic (exact) mass is 336 g/mol. The second-order valence-electron chi connectivity index (χ2n) is 5.33. The van der Waals surface area contributed by atoms with Crippen LogP contribution in [-0.4, -0.2) is 31.4 Å². The van der Waals surface area contributed by atoms with Gasteiger partial charge in [-0.05, 0) is 38.1 Å². The molecule has 0 aliphatic carbocycles. The minimum Gasteiger partial charge on any atom is -0.491 e. The molecule has 0 unspecified atom stereocenters. The van der Waals surface area contributed by atoms with Gasteiger partial charge in [-0.25, -0.2) is 9.78 Å². The largest absolute Gasteiger partial charge is 0.491 e. The Balaban J connectivity index is 2.09. The summed E-state index contributed by atoms with van der Waals surface area (Å²) in [7, 11) is 1.63. The predicted octanol–water partition coefficient (Wildman–Crippen LogP) is 3.17. The van der Waals surface area contributed by atoms with Gasteiger partial charge in [-0.2, -0.15) is 0 Å². The summed E-state index contributed by atoms with van der Waals surface area (Å²) in [5.74, 6) is 0.778. The maximum absolute atomic E-state index is 11.0. The minimum atomic E-state index is -0.857. The number of rotatable bonds is 7. The maximum atomic E-state index is 11.0. The highest BCUT2D eigenvalue weighted by Crippen LogP contribution is 2.31. The van der Waals surface area contributed by atoms with Crippen molar-refractivity contribution in [1.29, 1.82) is 0 Å². The average Bonchev–Trinajstić information content (AvgIpc) is 2.98. The number of amides is 1. The van der Waals surface area contributed by atoms with Gasteiger partial charge in [0.05, 0.1) is 12.3 Å². The van der Waals surface area contributed by atoms with Crippen LogP contribution < -0.4 is 10.5 Å². The van der Waals surface area contributed by atoms with Crippen molar-refractivity contribution >= 4 is 17.4 Å². The first-order valence-corrected chi connectivity index (χ1v) is 7.97. The van der Waals surface area contributed by atoms with E-state index in [-0.39, 0.29) is 0 Å². The van der Waals surface area contributed by atoms with Crippen LogP contribution in [-0.2, 0) is 15.1 Å². The van der Waals surface area contributed by atoms with Gasteiger partial charge in [-0.15, -0.1) is 11.3 Å². The molecule has 1 aromatic heterocycles. The SMILES string of the molecule is COCCOc1ccc(-c2nc(C(C)(C)OC(N)=O)cs2)cc1. The lowest BCUT2D eigenvalue weighted by Gasteiger charge is -2.21. The number of methoxy groups -OCH3 is 1. The lowest BCUT2D eigenvalue weighted by molar-refractivity contribution is 0.0405. The molecule has 2 N–H and O–H groups in total. The molecule has 1 aromatic carbocycles. The Bertz CT molecular complexity index is 652. The standard InChI is InChI=1S/C16H20N2O4S/c1-16(2,22-15(17)19)13-10-23-14(18-13)11-4-6-12(7-5-11)21-9-8-20-3/h4-7,10H,8-9H2,1-3H3,(H2,17,19). The van der Waals surface area contributed by atoms with Crippen LogP contribution >= 0.6 is 11.3 Å². The van der Waals surface area contributed by atoms with Gasteiger partial charge in [0, 0.05) is 18.1 Å².